The van der Waals surface area contributed by atoms with Crippen LogP contribution in [0.2, 0.25) is 0 Å². The fourth-order valence-corrected chi connectivity index (χ4v) is 2.65. The van der Waals surface area contributed by atoms with Crippen molar-refractivity contribution < 1.29 is 14.4 Å². The monoisotopic (exact) mass is 264 g/mol. The molecule has 0 aromatic rings. The predicted octanol–water partition coefficient (Wildman–Crippen LogP) is 0.458. The van der Waals surface area contributed by atoms with E-state index in [0.29, 0.717) is 39.0 Å². The summed E-state index contributed by atoms with van der Waals surface area (Å²) in [6.07, 6.45) is 2.73. The molecule has 0 radical (unpaired) electrons. The highest BCUT2D eigenvalue weighted by Gasteiger charge is 2.37. The Balaban J connectivity index is 1.79. The lowest BCUT2D eigenvalue weighted by atomic mass is 9.90. The largest absolute Gasteiger partial charge is 0.341 e. The third kappa shape index (κ3) is 2.85. The predicted molar refractivity (Wildman–Crippen MR) is 70.3 cm³/mol. The van der Waals surface area contributed by atoms with Gasteiger partial charge >= 0.3 is 0 Å². The van der Waals surface area contributed by atoms with Gasteiger partial charge in [0.15, 0.2) is 0 Å². The van der Waals surface area contributed by atoms with E-state index in [9.17, 15) is 14.4 Å². The van der Waals surface area contributed by atoms with Crippen LogP contribution >= 0.6 is 0 Å². The fraction of sp³-hybridized carbons (Fsp3) is 0.643. The van der Waals surface area contributed by atoms with Crippen LogP contribution < -0.4 is 0 Å². The van der Waals surface area contributed by atoms with Gasteiger partial charge in [0, 0.05) is 32.1 Å². The van der Waals surface area contributed by atoms with Gasteiger partial charge in [0.25, 0.3) is 0 Å². The fourth-order valence-electron chi connectivity index (χ4n) is 2.65. The minimum atomic E-state index is -0.0634. The summed E-state index contributed by atoms with van der Waals surface area (Å²) in [5, 5.41) is 0. The minimum Gasteiger partial charge on any atom is -0.341 e. The zero-order valence-electron chi connectivity index (χ0n) is 11.3. The van der Waals surface area contributed by atoms with E-state index in [2.05, 4.69) is 6.58 Å². The third-order valence-corrected chi connectivity index (χ3v) is 4.10. The maximum Gasteiger partial charge on any atom is 0.245 e. The van der Waals surface area contributed by atoms with E-state index < -0.39 is 0 Å². The van der Waals surface area contributed by atoms with Gasteiger partial charge in [-0.3, -0.25) is 14.4 Å². The molecule has 2 aliphatic heterocycles. The van der Waals surface area contributed by atoms with Crippen LogP contribution in [0.15, 0.2) is 12.7 Å². The van der Waals surface area contributed by atoms with E-state index in [1.807, 2.05) is 0 Å². The van der Waals surface area contributed by atoms with Gasteiger partial charge in [0.1, 0.15) is 5.78 Å². The average molecular weight is 264 g/mol. The Labute approximate surface area is 113 Å². The lowest BCUT2D eigenvalue weighted by Crippen LogP contribution is -2.55. The van der Waals surface area contributed by atoms with Gasteiger partial charge in [-0.25, -0.2) is 0 Å². The van der Waals surface area contributed by atoms with Crippen LogP contribution in [0.3, 0.4) is 0 Å². The highest BCUT2D eigenvalue weighted by atomic mass is 16.2. The number of piperidine rings is 1. The summed E-state index contributed by atoms with van der Waals surface area (Å²) < 4.78 is 0. The molecule has 0 aliphatic carbocycles. The molecule has 2 fully saturated rings. The number of Topliss-reactive ketones (excluding diaryl/α,β-unsaturated/α-hetero) is 1. The molecular weight excluding hydrogens is 244 g/mol. The van der Waals surface area contributed by atoms with Crippen molar-refractivity contribution in [3.8, 4) is 0 Å². The molecule has 0 aromatic carbocycles. The molecule has 2 rings (SSSR count). The summed E-state index contributed by atoms with van der Waals surface area (Å²) in [5.74, 6) is 0.276. The molecule has 0 aromatic heterocycles. The molecule has 0 bridgehead atoms. The first-order valence-corrected chi connectivity index (χ1v) is 6.73. The maximum atomic E-state index is 12.2. The number of carbonyl (C=O) groups excluding carboxylic acids is 3. The Bertz CT molecular complexity index is 405. The number of likely N-dealkylation sites (tertiary alicyclic amines) is 2. The quantitative estimate of drug-likeness (QED) is 0.696. The minimum absolute atomic E-state index is 0.00164. The van der Waals surface area contributed by atoms with Crippen LogP contribution in [0.25, 0.3) is 0 Å². The number of amides is 2. The van der Waals surface area contributed by atoms with Crippen LogP contribution in [0.4, 0.5) is 0 Å². The summed E-state index contributed by atoms with van der Waals surface area (Å²) >= 11 is 0. The summed E-state index contributed by atoms with van der Waals surface area (Å²) in [6.45, 7) is 7.41. The van der Waals surface area contributed by atoms with Crippen molar-refractivity contribution in [2.45, 2.75) is 19.8 Å². The van der Waals surface area contributed by atoms with Crippen molar-refractivity contribution in [3.63, 3.8) is 0 Å². The van der Waals surface area contributed by atoms with Gasteiger partial charge in [-0.15, -0.1) is 0 Å². The normalized spacial score (nSPS) is 20.9. The van der Waals surface area contributed by atoms with Gasteiger partial charge in [0.05, 0.1) is 5.92 Å². The first kappa shape index (κ1) is 13.8. The molecule has 0 N–H and O–H groups in total. The number of carbonyl (C=O) groups is 3. The summed E-state index contributed by atoms with van der Waals surface area (Å²) in [7, 11) is 0. The van der Waals surface area contributed by atoms with Crippen LogP contribution in [-0.4, -0.2) is 53.6 Å². The van der Waals surface area contributed by atoms with Crippen LogP contribution in [0, 0.1) is 11.8 Å². The lowest BCUT2D eigenvalue weighted by Gasteiger charge is -2.41. The zero-order chi connectivity index (χ0) is 14.0. The van der Waals surface area contributed by atoms with Crippen molar-refractivity contribution in [2.24, 2.45) is 11.8 Å². The second-order valence-corrected chi connectivity index (χ2v) is 5.35. The first-order valence-electron chi connectivity index (χ1n) is 6.73. The highest BCUT2D eigenvalue weighted by Crippen LogP contribution is 2.25. The smallest absolute Gasteiger partial charge is 0.245 e. The Kier molecular flexibility index (Phi) is 4.02. The average Bonchev–Trinajstić information content (AvgIpc) is 2.35. The van der Waals surface area contributed by atoms with Crippen molar-refractivity contribution in [1.29, 1.82) is 0 Å². The molecular formula is C14H20N2O3. The van der Waals surface area contributed by atoms with Crippen LogP contribution in [-0.2, 0) is 14.4 Å². The standard InChI is InChI=1S/C14H20N2O3/c1-3-13(18)15-6-4-11(5-7-15)14(19)16-8-12(9-16)10(2)17/h3,11-12H,1,4-9H2,2H3. The van der Waals surface area contributed by atoms with Gasteiger partial charge in [-0.05, 0) is 25.8 Å². The SMILES string of the molecule is C=CC(=O)N1CCC(C(=O)N2CC(C(C)=O)C2)CC1. The van der Waals surface area contributed by atoms with E-state index in [-0.39, 0.29) is 29.4 Å². The molecule has 5 heteroatoms. The molecule has 0 atom stereocenters. The van der Waals surface area contributed by atoms with E-state index in [1.54, 1.807) is 16.7 Å². The second kappa shape index (κ2) is 5.55. The Morgan fingerprint density at radius 1 is 1.05 bits per heavy atom. The van der Waals surface area contributed by atoms with Crippen molar-refractivity contribution >= 4 is 17.6 Å². The van der Waals surface area contributed by atoms with Crippen molar-refractivity contribution in [3.05, 3.63) is 12.7 Å². The molecule has 2 heterocycles. The molecule has 0 saturated carbocycles. The Morgan fingerprint density at radius 3 is 2.11 bits per heavy atom. The second-order valence-electron chi connectivity index (χ2n) is 5.35. The van der Waals surface area contributed by atoms with Gasteiger partial charge < -0.3 is 9.80 Å². The topological polar surface area (TPSA) is 57.7 Å². The Hall–Kier alpha value is -1.65. The van der Waals surface area contributed by atoms with E-state index in [1.165, 1.54) is 6.08 Å². The molecule has 0 spiro atoms. The van der Waals surface area contributed by atoms with Crippen molar-refractivity contribution in [2.75, 3.05) is 26.2 Å². The summed E-state index contributed by atoms with van der Waals surface area (Å²) in [5.41, 5.74) is 0. The first-order chi connectivity index (χ1) is 9.02. The number of nitrogens with zero attached hydrogens (tertiary/aromatic N) is 2. The lowest BCUT2D eigenvalue weighted by molar-refractivity contribution is -0.147. The number of hydrogen-bond donors (Lipinski definition) is 0. The summed E-state index contributed by atoms with van der Waals surface area (Å²) in [4.78, 5) is 38.2. The van der Waals surface area contributed by atoms with E-state index in [4.69, 9.17) is 0 Å². The van der Waals surface area contributed by atoms with Crippen molar-refractivity contribution in [1.82, 2.24) is 9.80 Å². The molecule has 2 aliphatic rings. The van der Waals surface area contributed by atoms with Gasteiger partial charge in [0.2, 0.25) is 11.8 Å². The van der Waals surface area contributed by atoms with Gasteiger partial charge in [-0.2, -0.15) is 0 Å². The number of hydrogen-bond acceptors (Lipinski definition) is 3. The van der Waals surface area contributed by atoms with Gasteiger partial charge in [-0.1, -0.05) is 6.58 Å². The number of rotatable bonds is 3. The molecule has 2 saturated heterocycles. The van der Waals surface area contributed by atoms with E-state index in [0.717, 1.165) is 0 Å². The van der Waals surface area contributed by atoms with Crippen LogP contribution in [0.1, 0.15) is 19.8 Å². The molecule has 104 valence electrons. The molecule has 0 unspecified atom stereocenters. The Morgan fingerprint density at radius 2 is 1.63 bits per heavy atom. The summed E-state index contributed by atoms with van der Waals surface area (Å²) in [6, 6.07) is 0. The maximum absolute atomic E-state index is 12.2. The number of ketones is 1. The zero-order valence-corrected chi connectivity index (χ0v) is 11.3. The molecule has 5 nitrogen and oxygen atoms in total. The molecule has 2 amide bonds. The molecule has 19 heavy (non-hydrogen) atoms. The van der Waals surface area contributed by atoms with E-state index >= 15 is 0 Å². The van der Waals surface area contributed by atoms with Crippen LogP contribution in [0.5, 0.6) is 0 Å². The highest BCUT2D eigenvalue weighted by molar-refractivity contribution is 5.88. The third-order valence-electron chi connectivity index (χ3n) is 4.10.